The summed E-state index contributed by atoms with van der Waals surface area (Å²) in [6.07, 6.45) is 0. The molecule has 2 aromatic carbocycles. The normalized spacial score (nSPS) is 9.45. The highest BCUT2D eigenvalue weighted by Gasteiger charge is 1.99. The first-order chi connectivity index (χ1) is 9.45. The fourth-order valence-corrected chi connectivity index (χ4v) is 1.96. The minimum Gasteiger partial charge on any atom is -0.212 e. The Balaban J connectivity index is 0.000000217. The van der Waals surface area contributed by atoms with Gasteiger partial charge >= 0.3 is 0 Å². The van der Waals surface area contributed by atoms with Crippen LogP contribution in [0.3, 0.4) is 0 Å². The quantitative estimate of drug-likeness (QED) is 0.507. The zero-order chi connectivity index (χ0) is 15.1. The highest BCUT2D eigenvalue weighted by atomic mass is 79.9. The van der Waals surface area contributed by atoms with Gasteiger partial charge in [-0.25, -0.2) is 8.60 Å². The third-order valence-corrected chi connectivity index (χ3v) is 4.20. The summed E-state index contributed by atoms with van der Waals surface area (Å²) in [5.74, 6) is -0.367. The van der Waals surface area contributed by atoms with Gasteiger partial charge in [-0.05, 0) is 49.2 Å². The van der Waals surface area contributed by atoms with Crippen molar-refractivity contribution in [2.45, 2.75) is 13.8 Å². The topological polar surface area (TPSA) is 17.1 Å². The van der Waals surface area contributed by atoms with Crippen molar-refractivity contribution in [2.75, 3.05) is 0 Å². The third kappa shape index (κ3) is 5.19. The maximum absolute atomic E-state index is 12.2. The molecule has 0 saturated carbocycles. The molecule has 2 rings (SSSR count). The molecular formula is C15H13BrClFOS. The van der Waals surface area contributed by atoms with Crippen molar-refractivity contribution < 1.29 is 8.60 Å². The number of hydrogen-bond acceptors (Lipinski definition) is 1. The summed E-state index contributed by atoms with van der Waals surface area (Å²) < 4.78 is 23.8. The van der Waals surface area contributed by atoms with Crippen molar-refractivity contribution >= 4 is 43.7 Å². The molecule has 0 fully saturated rings. The summed E-state index contributed by atoms with van der Waals surface area (Å²) in [6, 6.07) is 12.0. The van der Waals surface area contributed by atoms with Crippen LogP contribution in [0.2, 0.25) is 5.02 Å². The summed E-state index contributed by atoms with van der Waals surface area (Å²) in [7, 11) is 0. The van der Waals surface area contributed by atoms with Crippen LogP contribution >= 0.6 is 27.5 Å². The molecule has 1 nitrogen and oxygen atoms in total. The monoisotopic (exact) mass is 374 g/mol. The highest BCUT2D eigenvalue weighted by Crippen LogP contribution is 2.17. The molecule has 0 saturated heterocycles. The Kier molecular flexibility index (Phi) is 7.13. The SMILES string of the molecule is CC(=S=O)c1ccc(Br)c(C)c1.Fc1ccccc1Cl. The lowest BCUT2D eigenvalue weighted by molar-refractivity contribution is 0.628. The maximum atomic E-state index is 12.2. The van der Waals surface area contributed by atoms with Gasteiger partial charge in [0, 0.05) is 9.34 Å². The molecule has 5 heteroatoms. The van der Waals surface area contributed by atoms with Crippen LogP contribution in [0.1, 0.15) is 18.1 Å². The fraction of sp³-hybridized carbons (Fsp3) is 0.133. The number of halogens is 3. The molecular weight excluding hydrogens is 363 g/mol. The number of rotatable bonds is 1. The third-order valence-electron chi connectivity index (χ3n) is 2.51. The number of hydrogen-bond donors (Lipinski definition) is 0. The van der Waals surface area contributed by atoms with E-state index in [2.05, 4.69) is 15.9 Å². The molecule has 2 aromatic rings. The molecule has 0 bridgehead atoms. The van der Waals surface area contributed by atoms with Gasteiger partial charge in [0.1, 0.15) is 5.82 Å². The van der Waals surface area contributed by atoms with Gasteiger partial charge in [-0.2, -0.15) is 0 Å². The van der Waals surface area contributed by atoms with Gasteiger partial charge in [-0.3, -0.25) is 0 Å². The summed E-state index contributed by atoms with van der Waals surface area (Å²) in [6.45, 7) is 3.84. The van der Waals surface area contributed by atoms with Crippen LogP contribution in [-0.2, 0) is 11.3 Å². The zero-order valence-corrected chi connectivity index (χ0v) is 14.2. The van der Waals surface area contributed by atoms with Crippen molar-refractivity contribution in [3.05, 3.63) is 68.9 Å². The van der Waals surface area contributed by atoms with E-state index in [0.29, 0.717) is 11.3 Å². The van der Waals surface area contributed by atoms with Gasteiger partial charge < -0.3 is 0 Å². The van der Waals surface area contributed by atoms with Gasteiger partial charge in [0.15, 0.2) is 0 Å². The lowest BCUT2D eigenvalue weighted by Crippen LogP contribution is -1.93. The Labute approximate surface area is 135 Å². The number of benzene rings is 2. The summed E-state index contributed by atoms with van der Waals surface area (Å²) in [5.41, 5.74) is 2.16. The first-order valence-electron chi connectivity index (χ1n) is 5.75. The van der Waals surface area contributed by atoms with Crippen LogP contribution in [0.15, 0.2) is 46.9 Å². The van der Waals surface area contributed by atoms with Gasteiger partial charge in [0.05, 0.1) is 16.3 Å². The molecule has 0 atom stereocenters. The molecule has 0 amide bonds. The molecule has 0 aliphatic carbocycles. The Bertz CT molecular complexity index is 633. The molecule has 0 heterocycles. The molecule has 0 unspecified atom stereocenters. The Morgan fingerprint density at radius 3 is 2.35 bits per heavy atom. The fourth-order valence-electron chi connectivity index (χ4n) is 1.35. The molecule has 0 aromatic heterocycles. The second-order valence-electron chi connectivity index (χ2n) is 4.02. The van der Waals surface area contributed by atoms with Crippen molar-refractivity contribution in [1.82, 2.24) is 0 Å². The molecule has 106 valence electrons. The van der Waals surface area contributed by atoms with Gasteiger partial charge in [0.25, 0.3) is 0 Å². The maximum Gasteiger partial charge on any atom is 0.141 e. The molecule has 20 heavy (non-hydrogen) atoms. The Morgan fingerprint density at radius 2 is 1.90 bits per heavy atom. The smallest absolute Gasteiger partial charge is 0.141 e. The largest absolute Gasteiger partial charge is 0.212 e. The molecule has 0 aliphatic heterocycles. The van der Waals surface area contributed by atoms with E-state index in [-0.39, 0.29) is 10.8 Å². The van der Waals surface area contributed by atoms with E-state index in [1.54, 1.807) is 12.1 Å². The lowest BCUT2D eigenvalue weighted by atomic mass is 10.1. The highest BCUT2D eigenvalue weighted by molar-refractivity contribution is 9.10. The lowest BCUT2D eigenvalue weighted by Gasteiger charge is -2.00. The van der Waals surface area contributed by atoms with Crippen molar-refractivity contribution in [3.8, 4) is 0 Å². The summed E-state index contributed by atoms with van der Waals surface area (Å²) in [4.78, 5) is 0.811. The Hall–Kier alpha value is -0.970. The zero-order valence-electron chi connectivity index (χ0n) is 11.0. The van der Waals surface area contributed by atoms with Crippen LogP contribution in [0.5, 0.6) is 0 Å². The van der Waals surface area contributed by atoms with E-state index >= 15 is 0 Å². The predicted octanol–water partition coefficient (Wildman–Crippen LogP) is 4.99. The van der Waals surface area contributed by atoms with Crippen molar-refractivity contribution in [3.63, 3.8) is 0 Å². The Morgan fingerprint density at radius 1 is 1.25 bits per heavy atom. The minimum atomic E-state index is -0.367. The minimum absolute atomic E-state index is 0.174. The average Bonchev–Trinajstić information content (AvgIpc) is 2.45. The van der Waals surface area contributed by atoms with E-state index in [1.807, 2.05) is 32.0 Å². The van der Waals surface area contributed by atoms with Crippen LogP contribution in [0.25, 0.3) is 0 Å². The average molecular weight is 376 g/mol. The van der Waals surface area contributed by atoms with Crippen molar-refractivity contribution in [1.29, 1.82) is 0 Å². The van der Waals surface area contributed by atoms with E-state index in [4.69, 9.17) is 11.6 Å². The van der Waals surface area contributed by atoms with Crippen LogP contribution in [0.4, 0.5) is 4.39 Å². The van der Waals surface area contributed by atoms with E-state index in [9.17, 15) is 8.60 Å². The van der Waals surface area contributed by atoms with Gasteiger partial charge in [-0.1, -0.05) is 45.7 Å². The predicted molar refractivity (Wildman–Crippen MR) is 88.2 cm³/mol. The van der Waals surface area contributed by atoms with Crippen LogP contribution in [-0.4, -0.2) is 9.07 Å². The molecule has 0 aliphatic rings. The summed E-state index contributed by atoms with van der Waals surface area (Å²) >= 11 is 9.28. The van der Waals surface area contributed by atoms with Gasteiger partial charge in [-0.15, -0.1) is 0 Å². The molecule has 0 spiro atoms. The number of aryl methyl sites for hydroxylation is 1. The molecule has 0 N–H and O–H groups in total. The first-order valence-corrected chi connectivity index (χ1v) is 7.67. The van der Waals surface area contributed by atoms with Crippen LogP contribution in [0, 0.1) is 12.7 Å². The van der Waals surface area contributed by atoms with E-state index in [0.717, 1.165) is 20.5 Å². The van der Waals surface area contributed by atoms with E-state index < -0.39 is 0 Å². The standard InChI is InChI=1S/C9H9BrOS.C6H4ClF/c1-6-5-8(7(2)12-11)3-4-9(6)10;7-5-3-1-2-4-6(5)8/h3-5H,1-2H3;1-4H. The second-order valence-corrected chi connectivity index (χ2v) is 6.06. The van der Waals surface area contributed by atoms with Gasteiger partial charge in [0.2, 0.25) is 0 Å². The van der Waals surface area contributed by atoms with Crippen molar-refractivity contribution in [2.24, 2.45) is 0 Å². The second kappa shape index (κ2) is 8.35. The van der Waals surface area contributed by atoms with Crippen LogP contribution < -0.4 is 0 Å². The first kappa shape index (κ1) is 17.1. The van der Waals surface area contributed by atoms with E-state index in [1.165, 1.54) is 12.1 Å². The molecule has 0 radical (unpaired) electrons. The summed E-state index contributed by atoms with van der Waals surface area (Å²) in [5, 5.41) is 0.174.